The molecular formula is C10H19NO2. The first-order chi connectivity index (χ1) is 6.18. The molecule has 1 atom stereocenters. The third-order valence-corrected chi connectivity index (χ3v) is 2.61. The zero-order valence-corrected chi connectivity index (χ0v) is 8.25. The molecule has 0 aromatic rings. The van der Waals surface area contributed by atoms with Gasteiger partial charge in [0.15, 0.2) is 0 Å². The lowest BCUT2D eigenvalue weighted by molar-refractivity contribution is -0.137. The third kappa shape index (κ3) is 4.27. The zero-order valence-electron chi connectivity index (χ0n) is 8.25. The topological polar surface area (TPSA) is 49.3 Å². The van der Waals surface area contributed by atoms with Gasteiger partial charge in [-0.2, -0.15) is 0 Å². The highest BCUT2D eigenvalue weighted by molar-refractivity contribution is 5.67. The van der Waals surface area contributed by atoms with E-state index in [0.29, 0.717) is 6.04 Å². The van der Waals surface area contributed by atoms with Crippen molar-refractivity contribution >= 4 is 5.97 Å². The summed E-state index contributed by atoms with van der Waals surface area (Å²) in [6, 6.07) is 0.670. The second-order valence-corrected chi connectivity index (χ2v) is 4.00. The van der Waals surface area contributed by atoms with Gasteiger partial charge in [0, 0.05) is 12.1 Å². The van der Waals surface area contributed by atoms with Crippen molar-refractivity contribution in [1.82, 2.24) is 5.32 Å². The fourth-order valence-corrected chi connectivity index (χ4v) is 1.99. The number of hydrogen-bond donors (Lipinski definition) is 2. The molecule has 0 amide bonds. The van der Waals surface area contributed by atoms with Gasteiger partial charge >= 0.3 is 5.97 Å². The number of carboxylic acid groups (broad SMARTS) is 1. The molecule has 0 spiro atoms. The fourth-order valence-electron chi connectivity index (χ4n) is 1.99. The Morgan fingerprint density at radius 2 is 2.08 bits per heavy atom. The van der Waals surface area contributed by atoms with Gasteiger partial charge < -0.3 is 10.4 Å². The first-order valence-corrected chi connectivity index (χ1v) is 5.16. The maximum absolute atomic E-state index is 10.4. The van der Waals surface area contributed by atoms with Gasteiger partial charge in [0.05, 0.1) is 6.42 Å². The summed E-state index contributed by atoms with van der Waals surface area (Å²) in [7, 11) is 0. The SMILES string of the molecule is C[C@H](CC(=O)O)NC1CCCCC1. The van der Waals surface area contributed by atoms with E-state index in [9.17, 15) is 4.79 Å². The summed E-state index contributed by atoms with van der Waals surface area (Å²) < 4.78 is 0. The van der Waals surface area contributed by atoms with Crippen LogP contribution in [0.1, 0.15) is 45.4 Å². The van der Waals surface area contributed by atoms with Crippen LogP contribution in [0.5, 0.6) is 0 Å². The van der Waals surface area contributed by atoms with Crippen LogP contribution in [-0.4, -0.2) is 23.2 Å². The van der Waals surface area contributed by atoms with E-state index in [1.807, 2.05) is 6.92 Å². The molecule has 0 heterocycles. The number of nitrogens with one attached hydrogen (secondary N) is 1. The normalized spacial score (nSPS) is 21.3. The molecule has 1 fully saturated rings. The van der Waals surface area contributed by atoms with Crippen LogP contribution >= 0.6 is 0 Å². The molecule has 0 bridgehead atoms. The van der Waals surface area contributed by atoms with Gasteiger partial charge in [0.25, 0.3) is 0 Å². The zero-order chi connectivity index (χ0) is 9.68. The number of aliphatic carboxylic acids is 1. The van der Waals surface area contributed by atoms with E-state index >= 15 is 0 Å². The van der Waals surface area contributed by atoms with E-state index in [1.54, 1.807) is 0 Å². The van der Waals surface area contributed by atoms with Gasteiger partial charge in [-0.15, -0.1) is 0 Å². The van der Waals surface area contributed by atoms with Crippen LogP contribution in [0, 0.1) is 0 Å². The molecule has 1 saturated carbocycles. The molecule has 0 aliphatic heterocycles. The van der Waals surface area contributed by atoms with Crippen molar-refractivity contribution in [1.29, 1.82) is 0 Å². The van der Waals surface area contributed by atoms with Crippen LogP contribution in [-0.2, 0) is 4.79 Å². The Balaban J connectivity index is 2.18. The molecule has 76 valence electrons. The molecule has 3 heteroatoms. The van der Waals surface area contributed by atoms with Gasteiger partial charge in [0.1, 0.15) is 0 Å². The molecule has 1 aliphatic rings. The molecule has 0 radical (unpaired) electrons. The van der Waals surface area contributed by atoms with E-state index in [4.69, 9.17) is 5.11 Å². The number of carboxylic acids is 1. The Morgan fingerprint density at radius 3 is 2.62 bits per heavy atom. The highest BCUT2D eigenvalue weighted by Crippen LogP contribution is 2.17. The average molecular weight is 185 g/mol. The average Bonchev–Trinajstić information content (AvgIpc) is 2.04. The lowest BCUT2D eigenvalue weighted by Gasteiger charge is -2.25. The van der Waals surface area contributed by atoms with Crippen molar-refractivity contribution in [3.05, 3.63) is 0 Å². The standard InChI is InChI=1S/C10H19NO2/c1-8(7-10(12)13)11-9-5-3-2-4-6-9/h8-9,11H,2-7H2,1H3,(H,12,13)/t8-/m1/s1. The minimum atomic E-state index is -0.712. The number of carbonyl (C=O) groups is 1. The summed E-state index contributed by atoms with van der Waals surface area (Å²) in [6.45, 7) is 1.95. The van der Waals surface area contributed by atoms with Crippen LogP contribution in [0.15, 0.2) is 0 Å². The summed E-state index contributed by atoms with van der Waals surface area (Å²) in [5.74, 6) is -0.712. The lowest BCUT2D eigenvalue weighted by Crippen LogP contribution is -2.38. The minimum Gasteiger partial charge on any atom is -0.481 e. The summed E-state index contributed by atoms with van der Waals surface area (Å²) >= 11 is 0. The predicted octanol–water partition coefficient (Wildman–Crippen LogP) is 1.77. The summed E-state index contributed by atoms with van der Waals surface area (Å²) in [4.78, 5) is 10.4. The molecule has 1 rings (SSSR count). The highest BCUT2D eigenvalue weighted by Gasteiger charge is 2.16. The van der Waals surface area contributed by atoms with Crippen LogP contribution in [0.25, 0.3) is 0 Å². The molecule has 13 heavy (non-hydrogen) atoms. The van der Waals surface area contributed by atoms with Gasteiger partial charge in [-0.1, -0.05) is 19.3 Å². The van der Waals surface area contributed by atoms with Gasteiger partial charge in [-0.3, -0.25) is 4.79 Å². The van der Waals surface area contributed by atoms with Gasteiger partial charge in [-0.25, -0.2) is 0 Å². The molecule has 0 aromatic heterocycles. The first kappa shape index (κ1) is 10.5. The van der Waals surface area contributed by atoms with Gasteiger partial charge in [0.2, 0.25) is 0 Å². The summed E-state index contributed by atoms with van der Waals surface area (Å²) in [5, 5.41) is 11.9. The van der Waals surface area contributed by atoms with Crippen LogP contribution in [0.2, 0.25) is 0 Å². The maximum atomic E-state index is 10.4. The van der Waals surface area contributed by atoms with E-state index in [0.717, 1.165) is 0 Å². The van der Waals surface area contributed by atoms with Crippen LogP contribution in [0.4, 0.5) is 0 Å². The molecular weight excluding hydrogens is 166 g/mol. The molecule has 0 unspecified atom stereocenters. The van der Waals surface area contributed by atoms with Crippen molar-refractivity contribution in [3.63, 3.8) is 0 Å². The summed E-state index contributed by atoms with van der Waals surface area (Å²) in [5.41, 5.74) is 0. The first-order valence-electron chi connectivity index (χ1n) is 5.16. The Kier molecular flexibility index (Phi) is 4.22. The molecule has 1 aliphatic carbocycles. The quantitative estimate of drug-likeness (QED) is 0.701. The van der Waals surface area contributed by atoms with Gasteiger partial charge in [-0.05, 0) is 19.8 Å². The van der Waals surface area contributed by atoms with Crippen LogP contribution < -0.4 is 5.32 Å². The molecule has 2 N–H and O–H groups in total. The van der Waals surface area contributed by atoms with E-state index in [2.05, 4.69) is 5.32 Å². The molecule has 3 nitrogen and oxygen atoms in total. The van der Waals surface area contributed by atoms with Crippen molar-refractivity contribution in [3.8, 4) is 0 Å². The minimum absolute atomic E-state index is 0.112. The number of rotatable bonds is 4. The Bertz CT molecular complexity index is 164. The second kappa shape index (κ2) is 5.22. The fraction of sp³-hybridized carbons (Fsp3) is 0.900. The Labute approximate surface area is 79.5 Å². The molecule has 0 aromatic carbocycles. The largest absolute Gasteiger partial charge is 0.481 e. The van der Waals surface area contributed by atoms with Crippen molar-refractivity contribution in [2.45, 2.75) is 57.5 Å². The Hall–Kier alpha value is -0.570. The third-order valence-electron chi connectivity index (χ3n) is 2.61. The van der Waals surface area contributed by atoms with Crippen LogP contribution in [0.3, 0.4) is 0 Å². The highest BCUT2D eigenvalue weighted by atomic mass is 16.4. The smallest absolute Gasteiger partial charge is 0.304 e. The summed E-state index contributed by atoms with van der Waals surface area (Å²) in [6.07, 6.45) is 6.57. The van der Waals surface area contributed by atoms with E-state index in [1.165, 1.54) is 32.1 Å². The Morgan fingerprint density at radius 1 is 1.46 bits per heavy atom. The number of hydrogen-bond acceptors (Lipinski definition) is 2. The van der Waals surface area contributed by atoms with E-state index in [-0.39, 0.29) is 12.5 Å². The predicted molar refractivity (Wildman–Crippen MR) is 51.7 cm³/mol. The van der Waals surface area contributed by atoms with Crippen molar-refractivity contribution in [2.24, 2.45) is 0 Å². The monoisotopic (exact) mass is 185 g/mol. The lowest BCUT2D eigenvalue weighted by atomic mass is 9.95. The second-order valence-electron chi connectivity index (χ2n) is 4.00. The van der Waals surface area contributed by atoms with E-state index < -0.39 is 5.97 Å². The maximum Gasteiger partial charge on any atom is 0.304 e. The van der Waals surface area contributed by atoms with Crippen molar-refractivity contribution in [2.75, 3.05) is 0 Å². The van der Waals surface area contributed by atoms with Crippen molar-refractivity contribution < 1.29 is 9.90 Å². The molecule has 0 saturated heterocycles.